The highest BCUT2D eigenvalue weighted by atomic mass is 32.1. The predicted molar refractivity (Wildman–Crippen MR) is 86.4 cm³/mol. The summed E-state index contributed by atoms with van der Waals surface area (Å²) < 4.78 is 31.1. The third-order valence-corrected chi connectivity index (χ3v) is 4.05. The van der Waals surface area contributed by atoms with E-state index in [2.05, 4.69) is 27.9 Å². The molecule has 23 heavy (non-hydrogen) atoms. The van der Waals surface area contributed by atoms with Gasteiger partial charge in [-0.05, 0) is 18.6 Å². The average Bonchev–Trinajstić information content (AvgIpc) is 2.44. The molecule has 7 heteroatoms. The molecule has 0 saturated heterocycles. The maximum Gasteiger partial charge on any atom is 0.318 e. The minimum Gasteiger partial charge on any atom is -0.460 e. The van der Waals surface area contributed by atoms with Crippen LogP contribution in [0.1, 0.15) is 24.1 Å². The number of ether oxygens (including phenoxy) is 1. The van der Waals surface area contributed by atoms with Crippen LogP contribution in [0.2, 0.25) is 0 Å². The van der Waals surface area contributed by atoms with E-state index in [-0.39, 0.29) is 18.9 Å². The summed E-state index contributed by atoms with van der Waals surface area (Å²) >= 11 is 4.40. The first-order chi connectivity index (χ1) is 10.9. The van der Waals surface area contributed by atoms with Crippen LogP contribution in [0.3, 0.4) is 0 Å². The summed E-state index contributed by atoms with van der Waals surface area (Å²) in [6, 6.07) is 9.65. The van der Waals surface area contributed by atoms with Crippen LogP contribution < -0.4 is 10.1 Å². The van der Waals surface area contributed by atoms with Gasteiger partial charge in [0, 0.05) is 36.0 Å². The largest absolute Gasteiger partial charge is 0.460 e. The number of thiol groups is 1. The lowest BCUT2D eigenvalue weighted by molar-refractivity contribution is -0.136. The number of halogens is 2. The molecule has 1 saturated carbocycles. The highest BCUT2D eigenvalue weighted by molar-refractivity contribution is 7.80. The van der Waals surface area contributed by atoms with Crippen LogP contribution in [0.25, 0.3) is 0 Å². The second-order valence-corrected chi connectivity index (χ2v) is 6.15. The number of rotatable bonds is 5. The van der Waals surface area contributed by atoms with Crippen molar-refractivity contribution in [2.24, 2.45) is 0 Å². The Balaban J connectivity index is 1.65. The lowest BCUT2D eigenvalue weighted by Crippen LogP contribution is -2.43. The Labute approximate surface area is 138 Å². The minimum absolute atomic E-state index is 0.132. The third-order valence-electron chi connectivity index (χ3n) is 3.61. The first-order valence-electron chi connectivity index (χ1n) is 7.32. The van der Waals surface area contributed by atoms with Gasteiger partial charge in [-0.15, -0.1) is 12.6 Å². The molecule has 1 aliphatic carbocycles. The molecule has 1 aromatic carbocycles. The molecule has 3 rings (SSSR count). The Morgan fingerprint density at radius 1 is 1.30 bits per heavy atom. The molecule has 122 valence electrons. The van der Waals surface area contributed by atoms with Crippen molar-refractivity contribution >= 4 is 18.4 Å². The molecule has 1 N–H and O–H groups in total. The quantitative estimate of drug-likeness (QED) is 0.813. The molecule has 1 aliphatic rings. The number of aryl methyl sites for hydroxylation is 1. The number of nitrogens with zero attached hydrogens (tertiary/aromatic N) is 2. The average molecular weight is 337 g/mol. The Morgan fingerprint density at radius 3 is 2.74 bits per heavy atom. The Kier molecular flexibility index (Phi) is 4.39. The maximum atomic E-state index is 12.9. The van der Waals surface area contributed by atoms with Crippen molar-refractivity contribution in [1.29, 1.82) is 0 Å². The van der Waals surface area contributed by atoms with E-state index in [9.17, 15) is 8.78 Å². The van der Waals surface area contributed by atoms with E-state index < -0.39 is 12.0 Å². The molecule has 1 fully saturated rings. The Morgan fingerprint density at radius 2 is 2.04 bits per heavy atom. The lowest BCUT2D eigenvalue weighted by atomic mass is 9.91. The molecule has 0 spiro atoms. The van der Waals surface area contributed by atoms with E-state index in [0.29, 0.717) is 18.1 Å². The molecular formula is C16H17F2N3OS. The van der Waals surface area contributed by atoms with Gasteiger partial charge in [0.2, 0.25) is 0 Å². The van der Waals surface area contributed by atoms with Gasteiger partial charge in [-0.2, -0.15) is 4.98 Å². The summed E-state index contributed by atoms with van der Waals surface area (Å²) in [5.74, 6) is -2.03. The van der Waals surface area contributed by atoms with E-state index in [1.165, 1.54) is 0 Å². The zero-order valence-electron chi connectivity index (χ0n) is 12.6. The van der Waals surface area contributed by atoms with E-state index >= 15 is 0 Å². The Hall–Kier alpha value is -1.89. The number of anilines is 1. The van der Waals surface area contributed by atoms with Gasteiger partial charge in [-0.1, -0.05) is 18.2 Å². The fourth-order valence-electron chi connectivity index (χ4n) is 2.37. The zero-order valence-corrected chi connectivity index (χ0v) is 13.5. The van der Waals surface area contributed by atoms with Crippen LogP contribution in [0.5, 0.6) is 6.01 Å². The third kappa shape index (κ3) is 4.10. The van der Waals surface area contributed by atoms with Crippen molar-refractivity contribution in [3.8, 4) is 6.01 Å². The number of alkyl halides is 2. The van der Waals surface area contributed by atoms with Crippen LogP contribution in [-0.2, 0) is 6.54 Å². The molecule has 0 bridgehead atoms. The lowest BCUT2D eigenvalue weighted by Gasteiger charge is -2.34. The van der Waals surface area contributed by atoms with Crippen LogP contribution in [0.15, 0.2) is 35.2 Å². The topological polar surface area (TPSA) is 47.0 Å². The van der Waals surface area contributed by atoms with Crippen molar-refractivity contribution < 1.29 is 13.5 Å². The maximum absolute atomic E-state index is 12.9. The normalized spacial score (nSPS) is 16.7. The summed E-state index contributed by atoms with van der Waals surface area (Å²) in [6.45, 7) is 2.36. The fraction of sp³-hybridized carbons (Fsp3) is 0.375. The first-order valence-corrected chi connectivity index (χ1v) is 7.77. The molecule has 0 amide bonds. The number of hydrogen-bond donors (Lipinski definition) is 2. The molecule has 1 heterocycles. The molecule has 2 aromatic rings. The molecule has 0 radical (unpaired) electrons. The number of aromatic nitrogens is 2. The van der Waals surface area contributed by atoms with Crippen molar-refractivity contribution in [2.75, 3.05) is 5.32 Å². The molecule has 0 aliphatic heterocycles. The van der Waals surface area contributed by atoms with Crippen LogP contribution in [-0.4, -0.2) is 22.0 Å². The van der Waals surface area contributed by atoms with E-state index in [4.69, 9.17) is 4.74 Å². The van der Waals surface area contributed by atoms with Crippen LogP contribution in [0, 0.1) is 6.92 Å². The van der Waals surface area contributed by atoms with Crippen LogP contribution >= 0.6 is 12.6 Å². The predicted octanol–water partition coefficient (Wildman–Crippen LogP) is 3.86. The van der Waals surface area contributed by atoms with Crippen molar-refractivity contribution in [1.82, 2.24) is 9.97 Å². The van der Waals surface area contributed by atoms with Gasteiger partial charge < -0.3 is 10.1 Å². The fourth-order valence-corrected chi connectivity index (χ4v) is 2.61. The van der Waals surface area contributed by atoms with Gasteiger partial charge in [0.15, 0.2) is 0 Å². The smallest absolute Gasteiger partial charge is 0.318 e. The monoisotopic (exact) mass is 337 g/mol. The molecule has 0 atom stereocenters. The molecule has 1 aromatic heterocycles. The molecular weight excluding hydrogens is 320 g/mol. The van der Waals surface area contributed by atoms with E-state index in [0.717, 1.165) is 10.5 Å². The van der Waals surface area contributed by atoms with Gasteiger partial charge in [0.05, 0.1) is 0 Å². The van der Waals surface area contributed by atoms with Gasteiger partial charge in [-0.3, -0.25) is 0 Å². The first kappa shape index (κ1) is 16.0. The van der Waals surface area contributed by atoms with E-state index in [1.807, 2.05) is 31.2 Å². The highest BCUT2D eigenvalue weighted by Gasteiger charge is 2.47. The summed E-state index contributed by atoms with van der Waals surface area (Å²) in [6.07, 6.45) is -1.07. The minimum atomic E-state index is -2.62. The van der Waals surface area contributed by atoms with Crippen LogP contribution in [0.4, 0.5) is 14.6 Å². The van der Waals surface area contributed by atoms with E-state index in [1.54, 1.807) is 6.07 Å². The Bertz CT molecular complexity index is 703. The van der Waals surface area contributed by atoms with Crippen molar-refractivity contribution in [2.45, 2.75) is 43.2 Å². The van der Waals surface area contributed by atoms with Gasteiger partial charge in [0.1, 0.15) is 11.9 Å². The van der Waals surface area contributed by atoms with Gasteiger partial charge in [-0.25, -0.2) is 13.8 Å². The standard InChI is InChI=1S/C16H17F2N3OS/c1-10-6-14(19-9-11-4-2-3-5-13(11)23)21-15(20-10)22-12-7-16(17,18)8-12/h2-6,12,23H,7-9H2,1H3,(H,19,20,21). The SMILES string of the molecule is Cc1cc(NCc2ccccc2S)nc(OC2CC(F)(F)C2)n1. The summed E-state index contributed by atoms with van der Waals surface area (Å²) in [4.78, 5) is 9.26. The molecule has 4 nitrogen and oxygen atoms in total. The number of hydrogen-bond acceptors (Lipinski definition) is 5. The second kappa shape index (κ2) is 6.31. The highest BCUT2D eigenvalue weighted by Crippen LogP contribution is 2.39. The summed E-state index contributed by atoms with van der Waals surface area (Å²) in [7, 11) is 0. The van der Waals surface area contributed by atoms with Crippen molar-refractivity contribution in [3.63, 3.8) is 0 Å². The van der Waals surface area contributed by atoms with Crippen molar-refractivity contribution in [3.05, 3.63) is 41.6 Å². The van der Waals surface area contributed by atoms with Gasteiger partial charge >= 0.3 is 6.01 Å². The van der Waals surface area contributed by atoms with Gasteiger partial charge in [0.25, 0.3) is 5.92 Å². The number of benzene rings is 1. The number of nitrogens with one attached hydrogen (secondary N) is 1. The summed E-state index contributed by atoms with van der Waals surface area (Å²) in [5, 5.41) is 3.18. The second-order valence-electron chi connectivity index (χ2n) is 5.66. The summed E-state index contributed by atoms with van der Waals surface area (Å²) in [5.41, 5.74) is 1.75. The zero-order chi connectivity index (χ0) is 16.4. The molecule has 0 unspecified atom stereocenters.